The highest BCUT2D eigenvalue weighted by molar-refractivity contribution is 7.89. The van der Waals surface area contributed by atoms with Gasteiger partial charge in [-0.3, -0.25) is 14.5 Å². The van der Waals surface area contributed by atoms with Gasteiger partial charge in [0.1, 0.15) is 6.04 Å². The van der Waals surface area contributed by atoms with Gasteiger partial charge >= 0.3 is 0 Å². The maximum Gasteiger partial charge on any atom is 0.247 e. The lowest BCUT2D eigenvalue weighted by Gasteiger charge is -2.13. The number of imide groups is 1. The van der Waals surface area contributed by atoms with E-state index in [9.17, 15) is 18.0 Å². The molecule has 21 heavy (non-hydrogen) atoms. The van der Waals surface area contributed by atoms with Crippen LogP contribution in [0.2, 0.25) is 5.02 Å². The second kappa shape index (κ2) is 5.28. The molecule has 0 aliphatic carbocycles. The highest BCUT2D eigenvalue weighted by atomic mass is 35.5. The lowest BCUT2D eigenvalue weighted by atomic mass is 10.2. The zero-order chi connectivity index (χ0) is 15.9. The van der Waals surface area contributed by atoms with E-state index in [2.05, 4.69) is 4.72 Å². The van der Waals surface area contributed by atoms with Gasteiger partial charge in [-0.2, -0.15) is 4.72 Å². The number of carbonyl (C=O) groups is 2. The lowest BCUT2D eigenvalue weighted by molar-refractivity contribution is -0.137. The van der Waals surface area contributed by atoms with Gasteiger partial charge in [-0.15, -0.1) is 0 Å². The molecule has 1 atom stereocenters. The third-order valence-corrected chi connectivity index (χ3v) is 5.19. The average molecular weight is 332 g/mol. The normalized spacial score (nSPS) is 19.4. The van der Waals surface area contributed by atoms with E-state index in [1.165, 1.54) is 19.2 Å². The second-order valence-electron chi connectivity index (χ2n) is 4.79. The molecule has 1 aliphatic heterocycles. The van der Waals surface area contributed by atoms with Gasteiger partial charge in [-0.05, 0) is 24.6 Å². The topological polar surface area (TPSA) is 110 Å². The van der Waals surface area contributed by atoms with E-state index in [-0.39, 0.29) is 22.0 Å². The van der Waals surface area contributed by atoms with Crippen molar-refractivity contribution in [2.24, 2.45) is 0 Å². The van der Waals surface area contributed by atoms with Crippen LogP contribution in [0.4, 0.5) is 5.69 Å². The van der Waals surface area contributed by atoms with Crippen LogP contribution in [0.15, 0.2) is 17.0 Å². The maximum absolute atomic E-state index is 12.3. The highest BCUT2D eigenvalue weighted by Gasteiger charge is 2.38. The van der Waals surface area contributed by atoms with Crippen molar-refractivity contribution in [2.45, 2.75) is 24.3 Å². The highest BCUT2D eigenvalue weighted by Crippen LogP contribution is 2.26. The Morgan fingerprint density at radius 2 is 2.00 bits per heavy atom. The molecule has 0 bridgehead atoms. The Balaban J connectivity index is 2.32. The number of rotatable bonds is 3. The molecule has 1 aromatic carbocycles. The van der Waals surface area contributed by atoms with E-state index in [0.29, 0.717) is 5.56 Å². The van der Waals surface area contributed by atoms with Crippen molar-refractivity contribution in [1.82, 2.24) is 9.62 Å². The van der Waals surface area contributed by atoms with Crippen LogP contribution in [0.25, 0.3) is 0 Å². The summed E-state index contributed by atoms with van der Waals surface area (Å²) in [7, 11) is -2.69. The van der Waals surface area contributed by atoms with Crippen LogP contribution in [-0.2, 0) is 19.6 Å². The van der Waals surface area contributed by atoms with E-state index in [1.54, 1.807) is 6.92 Å². The first-order valence-electron chi connectivity index (χ1n) is 6.02. The number of hydrogen-bond donors (Lipinski definition) is 2. The molecular formula is C12H14ClN3O4S. The molecule has 1 aromatic rings. The molecule has 2 rings (SSSR count). The molecule has 0 spiro atoms. The van der Waals surface area contributed by atoms with Crippen LogP contribution >= 0.6 is 11.6 Å². The third-order valence-electron chi connectivity index (χ3n) is 3.35. The van der Waals surface area contributed by atoms with Crippen molar-refractivity contribution < 1.29 is 18.0 Å². The summed E-state index contributed by atoms with van der Waals surface area (Å²) >= 11 is 5.92. The molecule has 1 aliphatic rings. The summed E-state index contributed by atoms with van der Waals surface area (Å²) in [5, 5.41) is 0.210. The van der Waals surface area contributed by atoms with Crippen molar-refractivity contribution in [3.8, 4) is 0 Å². The van der Waals surface area contributed by atoms with Gasteiger partial charge in [0.15, 0.2) is 0 Å². The summed E-state index contributed by atoms with van der Waals surface area (Å²) in [5.74, 6) is -1.02. The zero-order valence-electron chi connectivity index (χ0n) is 11.4. The fourth-order valence-electron chi connectivity index (χ4n) is 1.93. The molecule has 1 unspecified atom stereocenters. The molecule has 9 heteroatoms. The van der Waals surface area contributed by atoms with Gasteiger partial charge in [0.25, 0.3) is 0 Å². The van der Waals surface area contributed by atoms with E-state index in [0.717, 1.165) is 4.90 Å². The first-order chi connectivity index (χ1) is 9.63. The zero-order valence-corrected chi connectivity index (χ0v) is 13.0. The number of benzene rings is 1. The van der Waals surface area contributed by atoms with Crippen molar-refractivity contribution >= 4 is 39.1 Å². The number of sulfonamides is 1. The molecule has 3 N–H and O–H groups in total. The van der Waals surface area contributed by atoms with E-state index in [4.69, 9.17) is 17.3 Å². The number of nitrogens with two attached hydrogens (primary N) is 1. The molecule has 2 amide bonds. The van der Waals surface area contributed by atoms with Gasteiger partial charge in [0, 0.05) is 17.8 Å². The third kappa shape index (κ3) is 2.87. The van der Waals surface area contributed by atoms with Crippen molar-refractivity contribution in [3.05, 3.63) is 22.7 Å². The van der Waals surface area contributed by atoms with Gasteiger partial charge in [0.2, 0.25) is 21.8 Å². The van der Waals surface area contributed by atoms with Crippen LogP contribution < -0.4 is 10.5 Å². The minimum atomic E-state index is -4.00. The lowest BCUT2D eigenvalue weighted by Crippen LogP contribution is -2.40. The smallest absolute Gasteiger partial charge is 0.247 e. The van der Waals surface area contributed by atoms with Crippen molar-refractivity contribution in [1.29, 1.82) is 0 Å². The van der Waals surface area contributed by atoms with Gasteiger partial charge in [-0.1, -0.05) is 11.6 Å². The molecule has 1 fully saturated rings. The number of halogens is 1. The van der Waals surface area contributed by atoms with Crippen molar-refractivity contribution in [2.75, 3.05) is 12.8 Å². The first-order valence-corrected chi connectivity index (χ1v) is 7.88. The minimum absolute atomic E-state index is 0.148. The standard InChI is InChI=1S/C12H14ClN3O4S/c1-6-8(13)3-7(4-9(6)14)21(19,20)15-10-5-11(17)16(2)12(10)18/h3-4,10,15H,5,14H2,1-2H3. The number of amides is 2. The van der Waals surface area contributed by atoms with Crippen LogP contribution in [0, 0.1) is 6.92 Å². The fourth-order valence-corrected chi connectivity index (χ4v) is 3.47. The number of hydrogen-bond acceptors (Lipinski definition) is 5. The predicted molar refractivity (Wildman–Crippen MR) is 77.1 cm³/mol. The largest absolute Gasteiger partial charge is 0.398 e. The van der Waals surface area contributed by atoms with Gasteiger partial charge < -0.3 is 5.73 Å². The molecule has 0 aromatic heterocycles. The van der Waals surface area contributed by atoms with Crippen LogP contribution in [-0.4, -0.2) is 38.2 Å². The first kappa shape index (κ1) is 15.7. The average Bonchev–Trinajstić information content (AvgIpc) is 2.62. The summed E-state index contributed by atoms with van der Waals surface area (Å²) in [6, 6.07) is 1.41. The molecule has 1 heterocycles. The number of likely N-dealkylation sites (N-methyl/N-ethyl adjacent to an activating group) is 1. The van der Waals surface area contributed by atoms with Crippen molar-refractivity contribution in [3.63, 3.8) is 0 Å². The van der Waals surface area contributed by atoms with Crippen LogP contribution in [0.1, 0.15) is 12.0 Å². The monoisotopic (exact) mass is 331 g/mol. The molecule has 1 saturated heterocycles. The quantitative estimate of drug-likeness (QED) is 0.610. The number of carbonyl (C=O) groups excluding carboxylic acids is 2. The van der Waals surface area contributed by atoms with Crippen LogP contribution in [0.5, 0.6) is 0 Å². The Hall–Kier alpha value is -1.64. The predicted octanol–water partition coefficient (Wildman–Crippen LogP) is 0.266. The number of nitrogens with zero attached hydrogens (tertiary/aromatic N) is 1. The van der Waals surface area contributed by atoms with Gasteiger partial charge in [0.05, 0.1) is 11.3 Å². The molecule has 0 radical (unpaired) electrons. The Morgan fingerprint density at radius 1 is 1.38 bits per heavy atom. The number of nitrogens with one attached hydrogen (secondary N) is 1. The Labute approximate surface area is 127 Å². The summed E-state index contributed by atoms with van der Waals surface area (Å²) < 4.78 is 26.7. The molecular weight excluding hydrogens is 318 g/mol. The van der Waals surface area contributed by atoms with E-state index >= 15 is 0 Å². The summed E-state index contributed by atoms with van der Waals surface area (Å²) in [4.78, 5) is 23.9. The Kier molecular flexibility index (Phi) is 3.96. The number of nitrogen functional groups attached to an aromatic ring is 1. The second-order valence-corrected chi connectivity index (χ2v) is 6.91. The molecule has 114 valence electrons. The van der Waals surface area contributed by atoms with E-state index < -0.39 is 27.9 Å². The Morgan fingerprint density at radius 3 is 2.48 bits per heavy atom. The number of likely N-dealkylation sites (tertiary alicyclic amines) is 1. The Bertz CT molecular complexity index is 709. The van der Waals surface area contributed by atoms with Crippen LogP contribution in [0.3, 0.4) is 0 Å². The summed E-state index contributed by atoms with van der Waals surface area (Å²) in [5.41, 5.74) is 6.49. The SMILES string of the molecule is Cc1c(N)cc(S(=O)(=O)NC2CC(=O)N(C)C2=O)cc1Cl. The van der Waals surface area contributed by atoms with Gasteiger partial charge in [-0.25, -0.2) is 8.42 Å². The summed E-state index contributed by atoms with van der Waals surface area (Å²) in [6.07, 6.45) is -0.205. The minimum Gasteiger partial charge on any atom is -0.398 e. The summed E-state index contributed by atoms with van der Waals surface area (Å²) in [6.45, 7) is 1.66. The molecule has 0 saturated carbocycles. The van der Waals surface area contributed by atoms with E-state index in [1.807, 2.05) is 0 Å². The molecule has 7 nitrogen and oxygen atoms in total. The fraction of sp³-hybridized carbons (Fsp3) is 0.333. The number of anilines is 1. The maximum atomic E-state index is 12.3.